The number of carbonyl (C=O) groups excluding carboxylic acids is 1. The van der Waals surface area contributed by atoms with Gasteiger partial charge in [-0.1, -0.05) is 55.6 Å². The summed E-state index contributed by atoms with van der Waals surface area (Å²) in [6.45, 7) is 3.80. The Morgan fingerprint density at radius 1 is 1.19 bits per heavy atom. The molecule has 31 heavy (non-hydrogen) atoms. The number of carbonyl (C=O) groups is 1. The Morgan fingerprint density at radius 2 is 1.90 bits per heavy atom. The van der Waals surface area contributed by atoms with Crippen LogP contribution >= 0.6 is 23.1 Å². The normalized spacial score (nSPS) is 14.8. The van der Waals surface area contributed by atoms with Gasteiger partial charge < -0.3 is 5.32 Å². The molecule has 1 amide bonds. The first-order chi connectivity index (χ1) is 15.0. The molecule has 164 valence electrons. The zero-order chi connectivity index (χ0) is 22.0. The summed E-state index contributed by atoms with van der Waals surface area (Å²) in [5.74, 6) is 0.584. The fourth-order valence-electron chi connectivity index (χ4n) is 3.93. The van der Waals surface area contributed by atoms with Crippen LogP contribution in [0.2, 0.25) is 0 Å². The van der Waals surface area contributed by atoms with E-state index in [9.17, 15) is 14.4 Å². The van der Waals surface area contributed by atoms with Crippen LogP contribution < -0.4 is 16.6 Å². The van der Waals surface area contributed by atoms with E-state index in [4.69, 9.17) is 0 Å². The molecule has 3 aromatic rings. The van der Waals surface area contributed by atoms with Crippen LogP contribution in [0.15, 0.2) is 38.2 Å². The summed E-state index contributed by atoms with van der Waals surface area (Å²) < 4.78 is 3.60. The van der Waals surface area contributed by atoms with E-state index in [1.807, 2.05) is 26.0 Å². The van der Waals surface area contributed by atoms with E-state index in [0.717, 1.165) is 45.9 Å². The number of nitrogens with one attached hydrogen (secondary N) is 1. The molecule has 0 radical (unpaired) electrons. The third-order valence-electron chi connectivity index (χ3n) is 5.50. The quantitative estimate of drug-likeness (QED) is 0.572. The van der Waals surface area contributed by atoms with Gasteiger partial charge in [-0.15, -0.1) is 11.3 Å². The van der Waals surface area contributed by atoms with Crippen LogP contribution in [0.1, 0.15) is 44.6 Å². The van der Waals surface area contributed by atoms with Gasteiger partial charge >= 0.3 is 5.69 Å². The van der Waals surface area contributed by atoms with Crippen molar-refractivity contribution in [2.45, 2.75) is 62.9 Å². The molecular weight excluding hydrogens is 432 g/mol. The van der Waals surface area contributed by atoms with Crippen molar-refractivity contribution in [3.05, 3.63) is 50.7 Å². The van der Waals surface area contributed by atoms with Gasteiger partial charge in [-0.3, -0.25) is 14.2 Å². The van der Waals surface area contributed by atoms with Crippen molar-refractivity contribution in [2.24, 2.45) is 0 Å². The van der Waals surface area contributed by atoms with Crippen LogP contribution in [0.5, 0.6) is 0 Å². The summed E-state index contributed by atoms with van der Waals surface area (Å²) in [5, 5.41) is 3.06. The number of fused-ring (bicyclic) bond motifs is 1. The molecule has 0 atom stereocenters. The fourth-order valence-corrected chi connectivity index (χ4v) is 5.90. The first-order valence-electron chi connectivity index (χ1n) is 10.6. The van der Waals surface area contributed by atoms with E-state index in [0.29, 0.717) is 10.4 Å². The minimum atomic E-state index is -0.543. The summed E-state index contributed by atoms with van der Waals surface area (Å²) in [5.41, 5.74) is 0.872. The predicted molar refractivity (Wildman–Crippen MR) is 126 cm³/mol. The molecule has 0 spiro atoms. The molecule has 7 nitrogen and oxygen atoms in total. The van der Waals surface area contributed by atoms with Gasteiger partial charge in [0.25, 0.3) is 5.56 Å². The number of amides is 1. The highest BCUT2D eigenvalue weighted by atomic mass is 32.2. The Kier molecular flexibility index (Phi) is 6.62. The van der Waals surface area contributed by atoms with Gasteiger partial charge in [0.2, 0.25) is 5.91 Å². The largest absolute Gasteiger partial charge is 0.352 e. The van der Waals surface area contributed by atoms with E-state index >= 15 is 0 Å². The molecule has 1 aromatic carbocycles. The Labute approximate surface area is 188 Å². The summed E-state index contributed by atoms with van der Waals surface area (Å²) in [6, 6.07) is 7.36. The van der Waals surface area contributed by atoms with Crippen molar-refractivity contribution < 1.29 is 4.79 Å². The van der Waals surface area contributed by atoms with Crippen LogP contribution in [0.3, 0.4) is 0 Å². The van der Waals surface area contributed by atoms with Crippen molar-refractivity contribution in [3.8, 4) is 5.69 Å². The zero-order valence-electron chi connectivity index (χ0n) is 17.7. The van der Waals surface area contributed by atoms with Crippen molar-refractivity contribution in [2.75, 3.05) is 5.75 Å². The standard InChI is InChI=1S/C22H26N4O3S2/c1-3-30-21-24-19-18(31-21)20(28)26(16-11-9-14(2)10-12-16)22(29)25(19)13-17(27)23-15-7-5-4-6-8-15/h9-12,15H,3-8,13H2,1-2H3,(H,23,27). The smallest absolute Gasteiger partial charge is 0.337 e. The number of thioether (sulfide) groups is 1. The second kappa shape index (κ2) is 9.40. The van der Waals surface area contributed by atoms with Crippen LogP contribution in [-0.4, -0.2) is 31.8 Å². The maximum Gasteiger partial charge on any atom is 0.337 e. The topological polar surface area (TPSA) is 86.0 Å². The summed E-state index contributed by atoms with van der Waals surface area (Å²) >= 11 is 2.79. The van der Waals surface area contributed by atoms with Crippen molar-refractivity contribution in [3.63, 3.8) is 0 Å². The van der Waals surface area contributed by atoms with E-state index in [-0.39, 0.29) is 24.1 Å². The van der Waals surface area contributed by atoms with Gasteiger partial charge in [-0.05, 0) is 37.7 Å². The number of aromatic nitrogens is 3. The summed E-state index contributed by atoms with van der Waals surface area (Å²) in [7, 11) is 0. The Balaban J connectivity index is 1.79. The fraction of sp³-hybridized carbons (Fsp3) is 0.455. The summed E-state index contributed by atoms with van der Waals surface area (Å²) in [6.07, 6.45) is 5.35. The molecular formula is C22H26N4O3S2. The zero-order valence-corrected chi connectivity index (χ0v) is 19.4. The van der Waals surface area contributed by atoms with E-state index in [1.54, 1.807) is 12.1 Å². The minimum absolute atomic E-state index is 0.150. The molecule has 1 fully saturated rings. The van der Waals surface area contributed by atoms with Crippen LogP contribution in [-0.2, 0) is 11.3 Å². The third-order valence-corrected chi connectivity index (χ3v) is 7.55. The highest BCUT2D eigenvalue weighted by Gasteiger charge is 2.22. The number of benzene rings is 1. The lowest BCUT2D eigenvalue weighted by molar-refractivity contribution is -0.122. The van der Waals surface area contributed by atoms with Gasteiger partial charge in [-0.2, -0.15) is 0 Å². The van der Waals surface area contributed by atoms with Gasteiger partial charge in [0.15, 0.2) is 9.99 Å². The van der Waals surface area contributed by atoms with Crippen LogP contribution in [0.25, 0.3) is 16.0 Å². The lowest BCUT2D eigenvalue weighted by Crippen LogP contribution is -2.43. The molecule has 0 unspecified atom stereocenters. The molecule has 0 aliphatic heterocycles. The molecule has 4 rings (SSSR count). The molecule has 2 aromatic heterocycles. The number of nitrogens with zero attached hydrogens (tertiary/aromatic N) is 3. The number of aryl methyl sites for hydroxylation is 1. The first-order valence-corrected chi connectivity index (χ1v) is 12.4. The highest BCUT2D eigenvalue weighted by molar-refractivity contribution is 8.01. The summed E-state index contributed by atoms with van der Waals surface area (Å²) in [4.78, 5) is 43.9. The van der Waals surface area contributed by atoms with E-state index in [1.165, 1.54) is 34.1 Å². The second-order valence-corrected chi connectivity index (χ2v) is 10.3. The predicted octanol–water partition coefficient (Wildman–Crippen LogP) is 3.48. The number of thiazole rings is 1. The molecule has 1 saturated carbocycles. The minimum Gasteiger partial charge on any atom is -0.352 e. The van der Waals surface area contributed by atoms with E-state index in [2.05, 4.69) is 10.3 Å². The lowest BCUT2D eigenvalue weighted by Gasteiger charge is -2.23. The van der Waals surface area contributed by atoms with E-state index < -0.39 is 11.2 Å². The van der Waals surface area contributed by atoms with Gasteiger partial charge in [0, 0.05) is 6.04 Å². The molecule has 1 aliphatic rings. The van der Waals surface area contributed by atoms with Gasteiger partial charge in [0.1, 0.15) is 11.2 Å². The van der Waals surface area contributed by atoms with Crippen LogP contribution in [0.4, 0.5) is 0 Å². The average Bonchev–Trinajstić information content (AvgIpc) is 3.18. The highest BCUT2D eigenvalue weighted by Crippen LogP contribution is 2.27. The Bertz CT molecular complexity index is 1200. The first kappa shape index (κ1) is 21.8. The third kappa shape index (κ3) is 4.62. The molecule has 0 saturated heterocycles. The van der Waals surface area contributed by atoms with Crippen molar-refractivity contribution >= 4 is 39.4 Å². The Hall–Kier alpha value is -2.39. The van der Waals surface area contributed by atoms with Crippen molar-refractivity contribution in [1.82, 2.24) is 19.4 Å². The number of hydrogen-bond donors (Lipinski definition) is 1. The second-order valence-electron chi connectivity index (χ2n) is 7.81. The SMILES string of the molecule is CCSc1nc2c(s1)c(=O)n(-c1ccc(C)cc1)c(=O)n2CC(=O)NC1CCCCC1. The number of hydrogen-bond acceptors (Lipinski definition) is 6. The lowest BCUT2D eigenvalue weighted by atomic mass is 9.95. The van der Waals surface area contributed by atoms with Gasteiger partial charge in [-0.25, -0.2) is 14.3 Å². The molecule has 1 aliphatic carbocycles. The molecule has 0 bridgehead atoms. The maximum atomic E-state index is 13.4. The molecule has 1 N–H and O–H groups in total. The van der Waals surface area contributed by atoms with Crippen molar-refractivity contribution in [1.29, 1.82) is 0 Å². The maximum absolute atomic E-state index is 13.4. The number of rotatable bonds is 6. The molecule has 9 heteroatoms. The monoisotopic (exact) mass is 458 g/mol. The average molecular weight is 459 g/mol. The Morgan fingerprint density at radius 3 is 2.58 bits per heavy atom. The molecule has 2 heterocycles. The van der Waals surface area contributed by atoms with Crippen LogP contribution in [0, 0.1) is 6.92 Å². The van der Waals surface area contributed by atoms with Gasteiger partial charge in [0.05, 0.1) is 5.69 Å².